The van der Waals surface area contributed by atoms with Crippen LogP contribution < -0.4 is 4.59 Å². The zero-order valence-corrected chi connectivity index (χ0v) is 12.4. The molecule has 0 bridgehead atoms. The molecule has 0 N–H and O–H groups in total. The van der Waals surface area contributed by atoms with Gasteiger partial charge in [-0.15, -0.1) is 0 Å². The summed E-state index contributed by atoms with van der Waals surface area (Å²) in [5, 5.41) is 12.9. The molecule has 112 valence electrons. The van der Waals surface area contributed by atoms with Gasteiger partial charge in [-0.2, -0.15) is 0 Å². The van der Waals surface area contributed by atoms with Crippen LogP contribution in [0.1, 0.15) is 5.56 Å². The zero-order valence-electron chi connectivity index (χ0n) is 12.4. The van der Waals surface area contributed by atoms with Crippen molar-refractivity contribution in [1.29, 1.82) is 0 Å². The van der Waals surface area contributed by atoms with E-state index in [-0.39, 0.29) is 34.1 Å². The first-order valence-corrected chi connectivity index (χ1v) is 7.48. The van der Waals surface area contributed by atoms with Crippen LogP contribution in [-0.4, -0.2) is 35.4 Å². The number of para-hydroxylation sites is 2. The Morgan fingerprint density at radius 3 is 1.54 bits per heavy atom. The van der Waals surface area contributed by atoms with Crippen LogP contribution in [0, 0.1) is 0 Å². The van der Waals surface area contributed by atoms with E-state index in [4.69, 9.17) is 0 Å². The molecule has 4 rings (SSSR count). The molecule has 4 nitrogen and oxygen atoms in total. The molecule has 0 saturated carbocycles. The maximum atomic E-state index is 4.52. The second-order valence-electron chi connectivity index (χ2n) is 5.28. The van der Waals surface area contributed by atoms with E-state index in [1.165, 1.54) is 0 Å². The van der Waals surface area contributed by atoms with E-state index in [9.17, 15) is 0 Å². The second-order valence-corrected chi connectivity index (χ2v) is 5.28. The van der Waals surface area contributed by atoms with Crippen LogP contribution in [0.4, 0.5) is 11.4 Å². The summed E-state index contributed by atoms with van der Waals surface area (Å²) in [5.74, 6) is 0.794. The molecule has 0 saturated heterocycles. The summed E-state index contributed by atoms with van der Waals surface area (Å²) in [6.45, 7) is 0. The van der Waals surface area contributed by atoms with Gasteiger partial charge in [0.25, 0.3) is 5.84 Å². The normalized spacial score (nSPS) is 14.8. The average Bonchev–Trinajstić information content (AvgIpc) is 3.10. The summed E-state index contributed by atoms with van der Waals surface area (Å²) in [6.07, 6.45) is 0. The number of hydrogen-bond donors (Lipinski definition) is 0. The standard InChI is InChI=1S/C19H15N4.Na.H/c1-4-10-16(11-5-1)19-20-21-22-23(19,17-12-6-2-7-13-17)18-14-8-3-9-15-18;;/h1-15H;;/q+1;;. The first kappa shape index (κ1) is 16.7. The van der Waals surface area contributed by atoms with Gasteiger partial charge >= 0.3 is 29.6 Å². The summed E-state index contributed by atoms with van der Waals surface area (Å²) in [7, 11) is 0. The fourth-order valence-electron chi connectivity index (χ4n) is 2.85. The molecule has 5 heteroatoms. The van der Waals surface area contributed by atoms with Crippen molar-refractivity contribution in [2.75, 3.05) is 0 Å². The Kier molecular flexibility index (Phi) is 5.02. The summed E-state index contributed by atoms with van der Waals surface area (Å²) in [6, 6.07) is 30.3. The summed E-state index contributed by atoms with van der Waals surface area (Å²) in [5.41, 5.74) is 3.01. The minimum Gasteiger partial charge on any atom is -0.0654 e. The van der Waals surface area contributed by atoms with Crippen LogP contribution in [0.2, 0.25) is 0 Å². The molecule has 0 amide bonds. The van der Waals surface area contributed by atoms with Gasteiger partial charge in [0.2, 0.25) is 0 Å². The molecule has 0 aliphatic carbocycles. The van der Waals surface area contributed by atoms with Crippen LogP contribution in [0.3, 0.4) is 0 Å². The summed E-state index contributed by atoms with van der Waals surface area (Å²) >= 11 is 0. The van der Waals surface area contributed by atoms with Crippen LogP contribution in [0.15, 0.2) is 107 Å². The Hall–Kier alpha value is -2.11. The SMILES string of the molecule is [NaH].c1ccc(C2=NN=N[N+]2(c2ccccc2)c2ccccc2)cc1. The number of rotatable bonds is 3. The maximum absolute atomic E-state index is 4.52. The van der Waals surface area contributed by atoms with Gasteiger partial charge in [-0.1, -0.05) is 64.3 Å². The Bertz CT molecular complexity index is 822. The Morgan fingerprint density at radius 2 is 1.04 bits per heavy atom. The van der Waals surface area contributed by atoms with Crippen LogP contribution >= 0.6 is 0 Å². The Labute approximate surface area is 163 Å². The first-order chi connectivity index (χ1) is 11.4. The topological polar surface area (TPSA) is 37.1 Å². The quantitative estimate of drug-likeness (QED) is 0.505. The van der Waals surface area contributed by atoms with E-state index in [1.54, 1.807) is 0 Å². The van der Waals surface area contributed by atoms with E-state index >= 15 is 0 Å². The molecule has 0 aromatic heterocycles. The van der Waals surface area contributed by atoms with E-state index < -0.39 is 0 Å². The fourth-order valence-corrected chi connectivity index (χ4v) is 2.85. The van der Waals surface area contributed by atoms with Crippen molar-refractivity contribution in [3.8, 4) is 0 Å². The zero-order chi connectivity index (χ0) is 15.5. The predicted molar refractivity (Wildman–Crippen MR) is 99.3 cm³/mol. The molecule has 1 heterocycles. The van der Waals surface area contributed by atoms with Crippen molar-refractivity contribution in [2.24, 2.45) is 15.5 Å². The monoisotopic (exact) mass is 323 g/mol. The van der Waals surface area contributed by atoms with Gasteiger partial charge in [-0.25, -0.2) is 0 Å². The van der Waals surface area contributed by atoms with Gasteiger partial charge in [0, 0.05) is 29.5 Å². The third-order valence-corrected chi connectivity index (χ3v) is 3.91. The minimum atomic E-state index is 0. The smallest absolute Gasteiger partial charge is 0.0654 e. The Morgan fingerprint density at radius 1 is 0.583 bits per heavy atom. The minimum absolute atomic E-state index is 0. The van der Waals surface area contributed by atoms with Crippen molar-refractivity contribution in [3.05, 3.63) is 96.6 Å². The van der Waals surface area contributed by atoms with Crippen molar-refractivity contribution < 1.29 is 0 Å². The average molecular weight is 323 g/mol. The molecule has 1 aliphatic heterocycles. The molecule has 3 aromatic carbocycles. The van der Waals surface area contributed by atoms with Gasteiger partial charge in [0.1, 0.15) is 0 Å². The van der Waals surface area contributed by atoms with Crippen molar-refractivity contribution in [2.45, 2.75) is 0 Å². The number of amidine groups is 1. The van der Waals surface area contributed by atoms with Crippen molar-refractivity contribution >= 4 is 46.8 Å². The van der Waals surface area contributed by atoms with Gasteiger partial charge in [0.05, 0.1) is 10.8 Å². The van der Waals surface area contributed by atoms with Crippen LogP contribution in [-0.2, 0) is 0 Å². The van der Waals surface area contributed by atoms with Gasteiger partial charge in [-0.3, -0.25) is 0 Å². The summed E-state index contributed by atoms with van der Waals surface area (Å²) < 4.78 is 0.145. The fraction of sp³-hybridized carbons (Fsp3) is 0. The summed E-state index contributed by atoms with van der Waals surface area (Å²) in [4.78, 5) is 0. The van der Waals surface area contributed by atoms with E-state index in [2.05, 4.69) is 39.8 Å². The third kappa shape index (κ3) is 2.74. The predicted octanol–water partition coefficient (Wildman–Crippen LogP) is 4.42. The molecule has 0 spiro atoms. The molecule has 24 heavy (non-hydrogen) atoms. The number of benzene rings is 3. The van der Waals surface area contributed by atoms with Crippen molar-refractivity contribution in [1.82, 2.24) is 4.59 Å². The first-order valence-electron chi connectivity index (χ1n) is 7.48. The molecule has 0 fully saturated rings. The number of nitrogens with zero attached hydrogens (tertiary/aromatic N) is 4. The van der Waals surface area contributed by atoms with Gasteiger partial charge in [-0.05, 0) is 12.1 Å². The largest absolute Gasteiger partial charge is 0.294 e. The van der Waals surface area contributed by atoms with E-state index in [0.29, 0.717) is 0 Å². The molecule has 3 aromatic rings. The van der Waals surface area contributed by atoms with Gasteiger partial charge < -0.3 is 0 Å². The third-order valence-electron chi connectivity index (χ3n) is 3.91. The molecular formula is C19H16N4Na+. The molecule has 0 unspecified atom stereocenters. The van der Waals surface area contributed by atoms with Crippen LogP contribution in [0.5, 0.6) is 0 Å². The number of hydrogen-bond acceptors (Lipinski definition) is 3. The van der Waals surface area contributed by atoms with E-state index in [1.807, 2.05) is 66.7 Å². The Balaban J connectivity index is 0.00000169. The van der Waals surface area contributed by atoms with E-state index in [0.717, 1.165) is 22.8 Å². The second kappa shape index (κ2) is 7.20. The van der Waals surface area contributed by atoms with Crippen LogP contribution in [0.25, 0.3) is 0 Å². The maximum Gasteiger partial charge on any atom is 0.294 e. The molecule has 0 radical (unpaired) electrons. The molecular weight excluding hydrogens is 307 g/mol. The van der Waals surface area contributed by atoms with Crippen molar-refractivity contribution in [3.63, 3.8) is 0 Å². The molecule has 0 atom stereocenters. The van der Waals surface area contributed by atoms with Gasteiger partial charge in [0.15, 0.2) is 11.4 Å². The molecule has 1 aliphatic rings. The number of quaternary nitrogens is 1.